The number of thiocarbonyl (C=S) groups is 1. The van der Waals surface area contributed by atoms with Crippen LogP contribution in [0.2, 0.25) is 0 Å². The minimum atomic E-state index is -0.261. The summed E-state index contributed by atoms with van der Waals surface area (Å²) in [5.74, 6) is -0.261. The summed E-state index contributed by atoms with van der Waals surface area (Å²) in [6.07, 6.45) is 7.73. The van der Waals surface area contributed by atoms with Crippen molar-refractivity contribution in [1.82, 2.24) is 24.8 Å². The Kier molecular flexibility index (Phi) is 6.04. The van der Waals surface area contributed by atoms with E-state index in [0.29, 0.717) is 18.2 Å². The van der Waals surface area contributed by atoms with Crippen LogP contribution in [0.25, 0.3) is 0 Å². The molecule has 2 atom stereocenters. The molecule has 0 aliphatic carbocycles. The molecule has 8 heteroatoms. The van der Waals surface area contributed by atoms with Crippen molar-refractivity contribution in [2.45, 2.75) is 25.0 Å². The maximum atomic E-state index is 11.8. The molecule has 0 spiro atoms. The Morgan fingerprint density at radius 2 is 2.10 bits per heavy atom. The number of rotatable bonds is 7. The van der Waals surface area contributed by atoms with Crippen LogP contribution < -0.4 is 5.32 Å². The first-order valence-corrected chi connectivity index (χ1v) is 10.2. The van der Waals surface area contributed by atoms with Gasteiger partial charge in [-0.2, -0.15) is 0 Å². The lowest BCUT2D eigenvalue weighted by Crippen LogP contribution is -2.32. The summed E-state index contributed by atoms with van der Waals surface area (Å²) in [5.41, 5.74) is 3.10. The summed E-state index contributed by atoms with van der Waals surface area (Å²) in [7, 11) is 1.40. The van der Waals surface area contributed by atoms with E-state index in [2.05, 4.69) is 43.1 Å². The molecule has 0 aromatic carbocycles. The Hall–Kier alpha value is -3.26. The largest absolute Gasteiger partial charge is 0.469 e. The van der Waals surface area contributed by atoms with Gasteiger partial charge in [0.05, 0.1) is 31.3 Å². The fourth-order valence-corrected chi connectivity index (χ4v) is 4.14. The van der Waals surface area contributed by atoms with Crippen molar-refractivity contribution in [2.75, 3.05) is 13.7 Å². The number of ether oxygens (including phenoxy) is 1. The second kappa shape index (κ2) is 9.04. The number of hydrogen-bond acceptors (Lipinski definition) is 5. The van der Waals surface area contributed by atoms with Crippen molar-refractivity contribution >= 4 is 23.3 Å². The van der Waals surface area contributed by atoms with Gasteiger partial charge in [0, 0.05) is 43.6 Å². The van der Waals surface area contributed by atoms with Crippen LogP contribution in [0.5, 0.6) is 0 Å². The van der Waals surface area contributed by atoms with E-state index < -0.39 is 0 Å². The Morgan fingerprint density at radius 1 is 1.20 bits per heavy atom. The van der Waals surface area contributed by atoms with E-state index in [1.807, 2.05) is 36.5 Å². The van der Waals surface area contributed by atoms with Gasteiger partial charge < -0.3 is 19.5 Å². The highest BCUT2D eigenvalue weighted by Gasteiger charge is 2.41. The van der Waals surface area contributed by atoms with E-state index in [-0.39, 0.29) is 24.5 Å². The predicted octanol–water partition coefficient (Wildman–Crippen LogP) is 2.86. The lowest BCUT2D eigenvalue weighted by atomic mass is 10.0. The first kappa shape index (κ1) is 20.0. The lowest BCUT2D eigenvalue weighted by Gasteiger charge is -2.28. The maximum Gasteiger partial charge on any atom is 0.307 e. The quantitative estimate of drug-likeness (QED) is 0.465. The zero-order valence-electron chi connectivity index (χ0n) is 16.6. The predicted molar refractivity (Wildman–Crippen MR) is 117 cm³/mol. The van der Waals surface area contributed by atoms with Crippen LogP contribution in [0.3, 0.4) is 0 Å². The van der Waals surface area contributed by atoms with Gasteiger partial charge in [-0.1, -0.05) is 12.1 Å². The third-order valence-corrected chi connectivity index (χ3v) is 5.58. The molecule has 3 aromatic rings. The number of hydrogen-bond donors (Lipinski definition) is 1. The van der Waals surface area contributed by atoms with Crippen molar-refractivity contribution in [1.29, 1.82) is 0 Å². The van der Waals surface area contributed by atoms with Gasteiger partial charge in [-0.25, -0.2) is 0 Å². The number of methoxy groups -OCH3 is 1. The van der Waals surface area contributed by atoms with E-state index in [1.165, 1.54) is 7.11 Å². The molecule has 0 unspecified atom stereocenters. The molecule has 30 heavy (non-hydrogen) atoms. The summed E-state index contributed by atoms with van der Waals surface area (Å²) >= 11 is 5.65. The van der Waals surface area contributed by atoms with Crippen LogP contribution >= 0.6 is 12.2 Å². The second-order valence-corrected chi connectivity index (χ2v) is 7.46. The summed E-state index contributed by atoms with van der Waals surface area (Å²) in [6.45, 7) is 1.16. The number of pyridine rings is 2. The van der Waals surface area contributed by atoms with Crippen LogP contribution in [-0.2, 0) is 16.1 Å². The number of aromatic nitrogens is 3. The Bertz CT molecular complexity index is 1010. The molecule has 0 saturated carbocycles. The van der Waals surface area contributed by atoms with Crippen LogP contribution in [0, 0.1) is 0 Å². The zero-order chi connectivity index (χ0) is 20.9. The second-order valence-electron chi connectivity index (χ2n) is 7.07. The third kappa shape index (κ3) is 4.18. The Morgan fingerprint density at radius 3 is 2.83 bits per heavy atom. The molecule has 1 aliphatic rings. The first-order valence-electron chi connectivity index (χ1n) is 9.76. The number of carbonyl (C=O) groups excluding carboxylic acids is 1. The lowest BCUT2D eigenvalue weighted by molar-refractivity contribution is -0.140. The molecule has 1 fully saturated rings. The highest BCUT2D eigenvalue weighted by molar-refractivity contribution is 7.80. The fraction of sp³-hybridized carbons (Fsp3) is 0.273. The SMILES string of the molecule is COC(=O)CCN1C(=S)N[C@@H](c2ccccn2)[C@H]1c1cccn1Cc1cccnc1. The van der Waals surface area contributed by atoms with Crippen molar-refractivity contribution in [3.05, 3.63) is 84.2 Å². The molecule has 4 heterocycles. The minimum Gasteiger partial charge on any atom is -0.469 e. The monoisotopic (exact) mass is 421 g/mol. The van der Waals surface area contributed by atoms with E-state index in [9.17, 15) is 4.79 Å². The smallest absolute Gasteiger partial charge is 0.307 e. The molecular weight excluding hydrogens is 398 g/mol. The third-order valence-electron chi connectivity index (χ3n) is 5.23. The maximum absolute atomic E-state index is 11.8. The molecule has 3 aromatic heterocycles. The summed E-state index contributed by atoms with van der Waals surface area (Å²) < 4.78 is 7.02. The van der Waals surface area contributed by atoms with Crippen molar-refractivity contribution in [3.8, 4) is 0 Å². The molecule has 1 N–H and O–H groups in total. The molecule has 154 valence electrons. The van der Waals surface area contributed by atoms with Gasteiger partial charge in [-0.05, 0) is 48.1 Å². The van der Waals surface area contributed by atoms with E-state index in [4.69, 9.17) is 17.0 Å². The summed E-state index contributed by atoms with van der Waals surface area (Å²) in [5, 5.41) is 4.01. The van der Waals surface area contributed by atoms with Gasteiger partial charge in [-0.15, -0.1) is 0 Å². The standard InChI is InChI=1S/C22H23N5O2S/c1-29-19(28)9-13-27-21(20(25-22(27)30)17-7-2-3-11-24-17)18-8-5-12-26(18)15-16-6-4-10-23-14-16/h2-8,10-12,14,20-21H,9,13,15H2,1H3,(H,25,30)/t20-,21+/m0/s1. The molecule has 0 bridgehead atoms. The molecule has 1 saturated heterocycles. The Balaban J connectivity index is 1.69. The molecule has 0 radical (unpaired) electrons. The van der Waals surface area contributed by atoms with Gasteiger partial charge in [-0.3, -0.25) is 14.8 Å². The van der Waals surface area contributed by atoms with Crippen LogP contribution in [0.4, 0.5) is 0 Å². The van der Waals surface area contributed by atoms with E-state index >= 15 is 0 Å². The zero-order valence-corrected chi connectivity index (χ0v) is 17.5. The number of nitrogens with zero attached hydrogens (tertiary/aromatic N) is 4. The fourth-order valence-electron chi connectivity index (χ4n) is 3.81. The Labute approximate surface area is 180 Å². The van der Waals surface area contributed by atoms with Crippen LogP contribution in [0.15, 0.2) is 67.3 Å². The van der Waals surface area contributed by atoms with Crippen LogP contribution in [-0.4, -0.2) is 44.2 Å². The van der Waals surface area contributed by atoms with Crippen LogP contribution in [0.1, 0.15) is 35.5 Å². The number of nitrogens with one attached hydrogen (secondary N) is 1. The molecule has 4 rings (SSSR count). The molecule has 1 aliphatic heterocycles. The van der Waals surface area contributed by atoms with Gasteiger partial charge in [0.1, 0.15) is 0 Å². The summed E-state index contributed by atoms with van der Waals surface area (Å²) in [6, 6.07) is 13.7. The van der Waals surface area contributed by atoms with Gasteiger partial charge in [0.2, 0.25) is 0 Å². The highest BCUT2D eigenvalue weighted by Crippen LogP contribution is 2.38. The summed E-state index contributed by atoms with van der Waals surface area (Å²) in [4.78, 5) is 22.6. The van der Waals surface area contributed by atoms with E-state index in [1.54, 1.807) is 12.4 Å². The first-order chi connectivity index (χ1) is 14.7. The van der Waals surface area contributed by atoms with Crippen molar-refractivity contribution < 1.29 is 9.53 Å². The number of carbonyl (C=O) groups is 1. The average molecular weight is 422 g/mol. The van der Waals surface area contributed by atoms with Gasteiger partial charge in [0.15, 0.2) is 5.11 Å². The average Bonchev–Trinajstić information content (AvgIpc) is 3.36. The molecule has 7 nitrogen and oxygen atoms in total. The topological polar surface area (TPSA) is 72.3 Å². The van der Waals surface area contributed by atoms with Crippen molar-refractivity contribution in [2.24, 2.45) is 0 Å². The normalized spacial score (nSPS) is 18.3. The minimum absolute atomic E-state index is 0.108. The van der Waals surface area contributed by atoms with Crippen molar-refractivity contribution in [3.63, 3.8) is 0 Å². The van der Waals surface area contributed by atoms with Gasteiger partial charge >= 0.3 is 5.97 Å². The van der Waals surface area contributed by atoms with Gasteiger partial charge in [0.25, 0.3) is 0 Å². The molecule has 0 amide bonds. The highest BCUT2D eigenvalue weighted by atomic mass is 32.1. The molecular formula is C22H23N5O2S. The van der Waals surface area contributed by atoms with E-state index in [0.717, 1.165) is 17.0 Å². The number of esters is 1.